The van der Waals surface area contributed by atoms with Crippen LogP contribution in [-0.4, -0.2) is 46.0 Å². The Labute approximate surface area is 119 Å². The third-order valence-electron chi connectivity index (χ3n) is 2.64. The lowest BCUT2D eigenvalue weighted by atomic mass is 10.1. The van der Waals surface area contributed by atoms with Gasteiger partial charge in [-0.05, 0) is 25.5 Å². The Morgan fingerprint density at radius 1 is 1.25 bits per heavy atom. The lowest BCUT2D eigenvalue weighted by Gasteiger charge is -2.09. The zero-order valence-corrected chi connectivity index (χ0v) is 12.6. The molecule has 112 valence electrons. The number of para-hydroxylation sites is 1. The molecule has 6 heteroatoms. The number of sulfone groups is 1. The van der Waals surface area contributed by atoms with E-state index < -0.39 is 21.4 Å². The molecule has 0 bridgehead atoms. The van der Waals surface area contributed by atoms with E-state index in [1.165, 1.54) is 7.11 Å². The topological polar surface area (TPSA) is 69.7 Å². The van der Waals surface area contributed by atoms with Gasteiger partial charge < -0.3 is 9.47 Å². The normalized spacial score (nSPS) is 11.3. The van der Waals surface area contributed by atoms with Crippen molar-refractivity contribution in [3.63, 3.8) is 0 Å². The third-order valence-corrected chi connectivity index (χ3v) is 4.25. The molecule has 20 heavy (non-hydrogen) atoms. The molecule has 0 unspecified atom stereocenters. The zero-order valence-electron chi connectivity index (χ0n) is 11.8. The number of carbonyl (C=O) groups is 1. The molecular weight excluding hydrogens is 280 g/mol. The van der Waals surface area contributed by atoms with Crippen LogP contribution in [0.25, 0.3) is 0 Å². The van der Waals surface area contributed by atoms with E-state index in [0.29, 0.717) is 30.9 Å². The fraction of sp³-hybridized carbons (Fsp3) is 0.500. The van der Waals surface area contributed by atoms with Crippen LogP contribution in [0.4, 0.5) is 0 Å². The van der Waals surface area contributed by atoms with Crippen molar-refractivity contribution in [2.45, 2.75) is 13.3 Å². The van der Waals surface area contributed by atoms with Crippen LogP contribution in [0.1, 0.15) is 23.7 Å². The van der Waals surface area contributed by atoms with Crippen LogP contribution >= 0.6 is 0 Å². The molecular formula is C14H20O5S. The molecule has 1 aromatic rings. The number of hydrogen-bond acceptors (Lipinski definition) is 5. The molecule has 0 saturated heterocycles. The molecule has 5 nitrogen and oxygen atoms in total. The number of hydrogen-bond donors (Lipinski definition) is 0. The van der Waals surface area contributed by atoms with Crippen molar-refractivity contribution < 1.29 is 22.7 Å². The van der Waals surface area contributed by atoms with E-state index in [9.17, 15) is 13.2 Å². The summed E-state index contributed by atoms with van der Waals surface area (Å²) < 4.78 is 33.8. The Hall–Kier alpha value is -1.40. The summed E-state index contributed by atoms with van der Waals surface area (Å²) in [5.41, 5.74) is 0.310. The maximum absolute atomic E-state index is 12.1. The molecule has 0 aliphatic heterocycles. The first-order chi connectivity index (χ1) is 9.50. The van der Waals surface area contributed by atoms with Gasteiger partial charge in [0.2, 0.25) is 0 Å². The van der Waals surface area contributed by atoms with E-state index in [2.05, 4.69) is 0 Å². The summed E-state index contributed by atoms with van der Waals surface area (Å²) in [4.78, 5) is 12.1. The van der Waals surface area contributed by atoms with Crippen molar-refractivity contribution in [3.8, 4) is 5.75 Å². The maximum atomic E-state index is 12.1. The number of benzene rings is 1. The van der Waals surface area contributed by atoms with Gasteiger partial charge in [0, 0.05) is 13.7 Å². The second-order valence-corrected chi connectivity index (χ2v) is 6.47. The fourth-order valence-electron chi connectivity index (χ4n) is 1.75. The average Bonchev–Trinajstić information content (AvgIpc) is 2.39. The van der Waals surface area contributed by atoms with Crippen LogP contribution in [0, 0.1) is 0 Å². The fourth-order valence-corrected chi connectivity index (χ4v) is 3.01. The van der Waals surface area contributed by atoms with Gasteiger partial charge in [-0.3, -0.25) is 4.79 Å². The Morgan fingerprint density at radius 3 is 2.60 bits per heavy atom. The van der Waals surface area contributed by atoms with Gasteiger partial charge in [-0.15, -0.1) is 0 Å². The predicted octanol–water partition coefficient (Wildman–Crippen LogP) is 1.72. The molecule has 0 N–H and O–H groups in total. The van der Waals surface area contributed by atoms with Crippen LogP contribution in [0.5, 0.6) is 5.75 Å². The summed E-state index contributed by atoms with van der Waals surface area (Å²) in [5.74, 6) is -0.567. The van der Waals surface area contributed by atoms with Crippen molar-refractivity contribution in [1.29, 1.82) is 0 Å². The zero-order chi connectivity index (χ0) is 15.0. The van der Waals surface area contributed by atoms with Gasteiger partial charge >= 0.3 is 0 Å². The van der Waals surface area contributed by atoms with Gasteiger partial charge in [0.25, 0.3) is 0 Å². The van der Waals surface area contributed by atoms with Gasteiger partial charge in [-0.25, -0.2) is 8.42 Å². The second-order valence-electron chi connectivity index (χ2n) is 4.29. The molecule has 0 radical (unpaired) electrons. The molecule has 0 spiro atoms. The largest absolute Gasteiger partial charge is 0.493 e. The molecule has 1 rings (SSSR count). The highest BCUT2D eigenvalue weighted by atomic mass is 32.2. The summed E-state index contributed by atoms with van der Waals surface area (Å²) in [6.45, 7) is 2.59. The minimum absolute atomic E-state index is 0.0522. The number of Topliss-reactive ketones (excluding diaryl/α,β-unsaturated/α-hetero) is 1. The Balaban J connectivity index is 2.76. The van der Waals surface area contributed by atoms with Crippen LogP contribution in [-0.2, 0) is 14.6 Å². The van der Waals surface area contributed by atoms with Crippen LogP contribution in [0.2, 0.25) is 0 Å². The Bertz CT molecular complexity index is 536. The average molecular weight is 300 g/mol. The molecule has 0 heterocycles. The van der Waals surface area contributed by atoms with Crippen molar-refractivity contribution in [2.75, 3.05) is 31.8 Å². The van der Waals surface area contributed by atoms with Gasteiger partial charge in [0.15, 0.2) is 15.6 Å². The number of rotatable bonds is 9. The summed E-state index contributed by atoms with van der Waals surface area (Å²) >= 11 is 0. The van der Waals surface area contributed by atoms with Crippen LogP contribution < -0.4 is 4.74 Å². The standard InChI is InChI=1S/C14H20O5S/c1-3-19-14-8-5-4-7-12(14)13(15)11-20(16,17)10-6-9-18-2/h4-5,7-8H,3,6,9-11H2,1-2H3. The van der Waals surface area contributed by atoms with Crippen LogP contribution in [0.15, 0.2) is 24.3 Å². The van der Waals surface area contributed by atoms with Gasteiger partial charge in [0.05, 0.1) is 17.9 Å². The number of ether oxygens (including phenoxy) is 2. The first-order valence-electron chi connectivity index (χ1n) is 6.44. The van der Waals surface area contributed by atoms with E-state index in [0.717, 1.165) is 0 Å². The summed E-state index contributed by atoms with van der Waals surface area (Å²) in [5, 5.41) is 0. The maximum Gasteiger partial charge on any atom is 0.181 e. The van der Waals surface area contributed by atoms with Crippen molar-refractivity contribution in [2.24, 2.45) is 0 Å². The number of methoxy groups -OCH3 is 1. The first kappa shape index (κ1) is 16.7. The van der Waals surface area contributed by atoms with E-state index in [1.54, 1.807) is 24.3 Å². The van der Waals surface area contributed by atoms with Gasteiger partial charge in [-0.1, -0.05) is 12.1 Å². The SMILES string of the molecule is CCOc1ccccc1C(=O)CS(=O)(=O)CCCOC. The van der Waals surface area contributed by atoms with Gasteiger partial charge in [-0.2, -0.15) is 0 Å². The smallest absolute Gasteiger partial charge is 0.181 e. The van der Waals surface area contributed by atoms with E-state index >= 15 is 0 Å². The molecule has 0 aromatic heterocycles. The van der Waals surface area contributed by atoms with Crippen molar-refractivity contribution in [3.05, 3.63) is 29.8 Å². The highest BCUT2D eigenvalue weighted by Crippen LogP contribution is 2.19. The Kier molecular flexibility index (Phi) is 6.67. The lowest BCUT2D eigenvalue weighted by Crippen LogP contribution is -2.20. The molecule has 1 aromatic carbocycles. The molecule has 0 amide bonds. The van der Waals surface area contributed by atoms with E-state index in [-0.39, 0.29) is 5.75 Å². The van der Waals surface area contributed by atoms with E-state index in [4.69, 9.17) is 9.47 Å². The molecule has 0 fully saturated rings. The third kappa shape index (κ3) is 5.30. The highest BCUT2D eigenvalue weighted by Gasteiger charge is 2.20. The summed E-state index contributed by atoms with van der Waals surface area (Å²) in [7, 11) is -1.91. The summed E-state index contributed by atoms with van der Waals surface area (Å²) in [6.07, 6.45) is 0.388. The molecule has 0 saturated carbocycles. The van der Waals surface area contributed by atoms with Crippen molar-refractivity contribution in [1.82, 2.24) is 0 Å². The van der Waals surface area contributed by atoms with Crippen molar-refractivity contribution >= 4 is 15.6 Å². The number of ketones is 1. The first-order valence-corrected chi connectivity index (χ1v) is 8.26. The minimum atomic E-state index is -3.42. The minimum Gasteiger partial charge on any atom is -0.493 e. The quantitative estimate of drug-likeness (QED) is 0.513. The Morgan fingerprint density at radius 2 is 1.95 bits per heavy atom. The molecule has 0 aliphatic carbocycles. The predicted molar refractivity (Wildman–Crippen MR) is 77.1 cm³/mol. The molecule has 0 atom stereocenters. The van der Waals surface area contributed by atoms with Crippen LogP contribution in [0.3, 0.4) is 0 Å². The van der Waals surface area contributed by atoms with E-state index in [1.807, 2.05) is 6.92 Å². The second kappa shape index (κ2) is 8.01. The van der Waals surface area contributed by atoms with Gasteiger partial charge in [0.1, 0.15) is 11.5 Å². The molecule has 0 aliphatic rings. The highest BCUT2D eigenvalue weighted by molar-refractivity contribution is 7.92. The monoisotopic (exact) mass is 300 g/mol. The lowest BCUT2D eigenvalue weighted by molar-refractivity contribution is 0.101. The number of carbonyl (C=O) groups excluding carboxylic acids is 1. The summed E-state index contributed by atoms with van der Waals surface area (Å²) in [6, 6.07) is 6.68.